The van der Waals surface area contributed by atoms with Crippen LogP contribution in [0.2, 0.25) is 0 Å². The molecule has 2 rings (SSSR count). The number of carbonyl (C=O) groups excluding carboxylic acids is 1. The molecule has 1 aliphatic rings. The van der Waals surface area contributed by atoms with E-state index in [2.05, 4.69) is 15.0 Å². The molecule has 2 heterocycles. The number of pyridine rings is 1. The highest BCUT2D eigenvalue weighted by Crippen LogP contribution is 2.02. The van der Waals surface area contributed by atoms with Crippen LogP contribution in [0.3, 0.4) is 0 Å². The Balaban J connectivity index is 0.000000271. The summed E-state index contributed by atoms with van der Waals surface area (Å²) in [5.41, 5.74) is -0.318. The third kappa shape index (κ3) is 14.6. The third-order valence-corrected chi connectivity index (χ3v) is 2.06. The summed E-state index contributed by atoms with van der Waals surface area (Å²) in [6.07, 6.45) is 3.50. The van der Waals surface area contributed by atoms with Gasteiger partial charge in [-0.3, -0.25) is 9.78 Å². The lowest BCUT2D eigenvalue weighted by molar-refractivity contribution is -0.138. The normalized spacial score (nSPS) is 15.0. The molecule has 0 amide bonds. The van der Waals surface area contributed by atoms with Gasteiger partial charge in [0.25, 0.3) is 6.47 Å². The van der Waals surface area contributed by atoms with Crippen LogP contribution in [0, 0.1) is 0 Å². The number of hydrogen-bond donors (Lipinski definition) is 2. The van der Waals surface area contributed by atoms with Crippen molar-refractivity contribution in [3.05, 3.63) is 30.6 Å². The predicted molar refractivity (Wildman–Crippen MR) is 77.4 cm³/mol. The first kappa shape index (κ1) is 18.5. The van der Waals surface area contributed by atoms with E-state index < -0.39 is 0 Å². The molecule has 6 nitrogen and oxygen atoms in total. The van der Waals surface area contributed by atoms with Crippen LogP contribution in [0.5, 0.6) is 0 Å². The van der Waals surface area contributed by atoms with Crippen LogP contribution in [-0.2, 0) is 9.53 Å². The second-order valence-corrected chi connectivity index (χ2v) is 5.05. The van der Waals surface area contributed by atoms with E-state index in [1.165, 1.54) is 5.06 Å². The molecule has 2 N–H and O–H groups in total. The van der Waals surface area contributed by atoms with E-state index in [9.17, 15) is 4.79 Å². The maximum Gasteiger partial charge on any atom is 0.293 e. The van der Waals surface area contributed by atoms with E-state index in [-0.39, 0.29) is 5.60 Å². The molecular weight excluding hydrogens is 258 g/mol. The maximum atomic E-state index is 9.60. The fraction of sp³-hybridized carbons (Fsp3) is 0.571. The highest BCUT2D eigenvalue weighted by Gasteiger charge is 2.07. The lowest BCUT2D eigenvalue weighted by Crippen LogP contribution is -2.41. The van der Waals surface area contributed by atoms with Gasteiger partial charge in [-0.25, -0.2) is 0 Å². The number of piperazine rings is 1. The van der Waals surface area contributed by atoms with Gasteiger partial charge in [0, 0.05) is 38.6 Å². The summed E-state index contributed by atoms with van der Waals surface area (Å²) in [5.74, 6) is 0. The summed E-state index contributed by atoms with van der Waals surface area (Å²) in [6.45, 7) is 9.28. The molecule has 0 aromatic carbocycles. The molecule has 114 valence electrons. The lowest BCUT2D eigenvalue weighted by atomic mass is 10.2. The van der Waals surface area contributed by atoms with Gasteiger partial charge in [-0.05, 0) is 32.9 Å². The second kappa shape index (κ2) is 11.3. The molecule has 1 aromatic rings. The van der Waals surface area contributed by atoms with E-state index >= 15 is 0 Å². The average Bonchev–Trinajstić information content (AvgIpc) is 2.42. The number of carbonyl (C=O) groups is 1. The van der Waals surface area contributed by atoms with Crippen molar-refractivity contribution < 1.29 is 14.7 Å². The highest BCUT2D eigenvalue weighted by atomic mass is 16.5. The number of aromatic nitrogens is 1. The van der Waals surface area contributed by atoms with Crippen molar-refractivity contribution in [2.75, 3.05) is 26.2 Å². The van der Waals surface area contributed by atoms with E-state index in [0.717, 1.165) is 26.2 Å². The van der Waals surface area contributed by atoms with E-state index in [0.29, 0.717) is 6.47 Å². The molecule has 0 bridgehead atoms. The number of nitrogens with zero attached hydrogens (tertiary/aromatic N) is 2. The molecule has 0 atom stereocenters. The van der Waals surface area contributed by atoms with Gasteiger partial charge in [0.2, 0.25) is 0 Å². The quantitative estimate of drug-likeness (QED) is 0.757. The van der Waals surface area contributed by atoms with Crippen molar-refractivity contribution in [2.24, 2.45) is 0 Å². The Morgan fingerprint density at radius 3 is 1.90 bits per heavy atom. The average molecular weight is 283 g/mol. The van der Waals surface area contributed by atoms with Gasteiger partial charge in [0.15, 0.2) is 0 Å². The van der Waals surface area contributed by atoms with Crippen LogP contribution >= 0.6 is 0 Å². The van der Waals surface area contributed by atoms with Gasteiger partial charge < -0.3 is 15.3 Å². The molecule has 1 saturated heterocycles. The first-order valence-corrected chi connectivity index (χ1v) is 6.56. The van der Waals surface area contributed by atoms with Gasteiger partial charge in [0.05, 0.1) is 0 Å². The van der Waals surface area contributed by atoms with E-state index in [1.807, 2.05) is 39.0 Å². The van der Waals surface area contributed by atoms with Gasteiger partial charge in [-0.15, -0.1) is 0 Å². The number of ether oxygens (including phenoxy) is 1. The Morgan fingerprint density at radius 1 is 1.20 bits per heavy atom. The molecule has 0 unspecified atom stereocenters. The molecule has 1 fully saturated rings. The Kier molecular flexibility index (Phi) is 10.5. The SMILES string of the molecule is CC(C)(C)OC=O.ON1CCNCC1.c1ccncc1. The second-order valence-electron chi connectivity index (χ2n) is 5.05. The van der Waals surface area contributed by atoms with Gasteiger partial charge in [0.1, 0.15) is 5.60 Å². The minimum absolute atomic E-state index is 0.318. The number of nitrogens with one attached hydrogen (secondary N) is 1. The Morgan fingerprint density at radius 2 is 1.75 bits per heavy atom. The first-order valence-electron chi connectivity index (χ1n) is 6.56. The van der Waals surface area contributed by atoms with Crippen LogP contribution in [0.4, 0.5) is 0 Å². The summed E-state index contributed by atoms with van der Waals surface area (Å²) in [6, 6.07) is 5.72. The van der Waals surface area contributed by atoms with Crippen molar-refractivity contribution in [1.82, 2.24) is 15.4 Å². The van der Waals surface area contributed by atoms with Crippen molar-refractivity contribution in [2.45, 2.75) is 26.4 Å². The van der Waals surface area contributed by atoms with Crippen LogP contribution < -0.4 is 5.32 Å². The van der Waals surface area contributed by atoms with Crippen molar-refractivity contribution >= 4 is 6.47 Å². The van der Waals surface area contributed by atoms with Crippen LogP contribution in [0.15, 0.2) is 30.6 Å². The monoisotopic (exact) mass is 283 g/mol. The number of hydroxylamine groups is 2. The summed E-state index contributed by atoms with van der Waals surface area (Å²) < 4.78 is 4.55. The minimum Gasteiger partial charge on any atom is -0.462 e. The molecule has 0 saturated carbocycles. The Bertz CT molecular complexity index is 295. The molecule has 0 spiro atoms. The van der Waals surface area contributed by atoms with Gasteiger partial charge in [-0.1, -0.05) is 6.07 Å². The first-order chi connectivity index (χ1) is 9.45. The number of hydrogen-bond acceptors (Lipinski definition) is 6. The number of rotatable bonds is 1. The highest BCUT2D eigenvalue weighted by molar-refractivity contribution is 5.37. The van der Waals surface area contributed by atoms with Gasteiger partial charge >= 0.3 is 0 Å². The van der Waals surface area contributed by atoms with Crippen LogP contribution in [0.25, 0.3) is 0 Å². The summed E-state index contributed by atoms with van der Waals surface area (Å²) in [7, 11) is 0. The third-order valence-electron chi connectivity index (χ3n) is 2.06. The Labute approximate surface area is 120 Å². The summed E-state index contributed by atoms with van der Waals surface area (Å²) in [5, 5.41) is 13.1. The van der Waals surface area contributed by atoms with Crippen molar-refractivity contribution in [3.8, 4) is 0 Å². The van der Waals surface area contributed by atoms with E-state index in [4.69, 9.17) is 5.21 Å². The molecule has 0 aliphatic carbocycles. The smallest absolute Gasteiger partial charge is 0.293 e. The maximum absolute atomic E-state index is 9.60. The lowest BCUT2D eigenvalue weighted by Gasteiger charge is -2.19. The Hall–Kier alpha value is -1.50. The molecule has 1 aliphatic heterocycles. The van der Waals surface area contributed by atoms with Crippen molar-refractivity contribution in [3.63, 3.8) is 0 Å². The predicted octanol–water partition coefficient (Wildman–Crippen LogP) is 1.32. The van der Waals surface area contributed by atoms with Crippen LogP contribution in [-0.4, -0.2) is 53.5 Å². The molecule has 0 radical (unpaired) electrons. The summed E-state index contributed by atoms with van der Waals surface area (Å²) >= 11 is 0. The zero-order chi connectivity index (χ0) is 15.3. The molecule has 6 heteroatoms. The van der Waals surface area contributed by atoms with Crippen molar-refractivity contribution in [1.29, 1.82) is 0 Å². The standard InChI is InChI=1S/C5H5N.C5H10O2.C4H10N2O/c1-2-4-6-5-3-1;1-5(2,3)7-4-6;7-6-3-1-5-2-4-6/h1-5H;4H,1-3H3;5,7H,1-4H2. The molecule has 1 aromatic heterocycles. The largest absolute Gasteiger partial charge is 0.462 e. The summed E-state index contributed by atoms with van der Waals surface area (Å²) in [4.78, 5) is 13.4. The molecule has 20 heavy (non-hydrogen) atoms. The zero-order valence-corrected chi connectivity index (χ0v) is 12.5. The molecular formula is C14H25N3O3. The fourth-order valence-corrected chi connectivity index (χ4v) is 1.11. The fourth-order valence-electron chi connectivity index (χ4n) is 1.11. The van der Waals surface area contributed by atoms with Gasteiger partial charge in [-0.2, -0.15) is 5.06 Å². The van der Waals surface area contributed by atoms with Crippen LogP contribution in [0.1, 0.15) is 20.8 Å². The minimum atomic E-state index is -0.318. The topological polar surface area (TPSA) is 74.7 Å². The zero-order valence-electron chi connectivity index (χ0n) is 12.5. The van der Waals surface area contributed by atoms with E-state index in [1.54, 1.807) is 12.4 Å².